The molecule has 0 aliphatic rings. The normalized spacial score (nSPS) is 10.9. The van der Waals surface area contributed by atoms with Gasteiger partial charge < -0.3 is 19.5 Å². The summed E-state index contributed by atoms with van der Waals surface area (Å²) >= 11 is 0. The number of hydrogen-bond donors (Lipinski definition) is 1. The number of nitro groups is 1. The molecule has 0 bridgehead atoms. The van der Waals surface area contributed by atoms with Crippen LogP contribution in [0.2, 0.25) is 0 Å². The highest BCUT2D eigenvalue weighted by Gasteiger charge is 2.29. The van der Waals surface area contributed by atoms with E-state index in [-0.39, 0.29) is 33.3 Å². The Morgan fingerprint density at radius 3 is 2.30 bits per heavy atom. The Morgan fingerprint density at radius 1 is 1.03 bits per heavy atom. The number of nitrogens with one attached hydrogen (secondary N) is 1. The Balaban J connectivity index is 2.01. The number of anilines is 2. The van der Waals surface area contributed by atoms with Crippen molar-refractivity contribution in [3.8, 4) is 17.2 Å². The molecule has 11 nitrogen and oxygen atoms in total. The maximum absolute atomic E-state index is 13.7. The molecule has 0 radical (unpaired) electrons. The smallest absolute Gasteiger partial charge is 0.274 e. The molecule has 0 aliphatic heterocycles. The summed E-state index contributed by atoms with van der Waals surface area (Å²) in [6, 6.07) is 14.6. The number of benzene rings is 3. The van der Waals surface area contributed by atoms with Crippen molar-refractivity contribution < 1.29 is 32.3 Å². The molecular weight excluding hydrogens is 502 g/mol. The van der Waals surface area contributed by atoms with Crippen LogP contribution in [0.1, 0.15) is 12.5 Å². The zero-order valence-corrected chi connectivity index (χ0v) is 21.6. The number of methoxy groups -OCH3 is 2. The Morgan fingerprint density at radius 2 is 1.70 bits per heavy atom. The zero-order chi connectivity index (χ0) is 27.2. The predicted molar refractivity (Wildman–Crippen MR) is 138 cm³/mol. The van der Waals surface area contributed by atoms with Crippen LogP contribution in [0.4, 0.5) is 17.1 Å². The van der Waals surface area contributed by atoms with Crippen molar-refractivity contribution in [2.45, 2.75) is 18.7 Å². The van der Waals surface area contributed by atoms with Crippen molar-refractivity contribution in [1.29, 1.82) is 0 Å². The van der Waals surface area contributed by atoms with Crippen LogP contribution in [0.3, 0.4) is 0 Å². The van der Waals surface area contributed by atoms with Gasteiger partial charge in [0.25, 0.3) is 15.7 Å². The Kier molecular flexibility index (Phi) is 8.56. The monoisotopic (exact) mass is 529 g/mol. The van der Waals surface area contributed by atoms with E-state index in [0.29, 0.717) is 18.1 Å². The van der Waals surface area contributed by atoms with Crippen molar-refractivity contribution in [3.63, 3.8) is 0 Å². The minimum absolute atomic E-state index is 0.127. The number of carbonyl (C=O) groups excluding carboxylic acids is 1. The van der Waals surface area contributed by atoms with Crippen LogP contribution in [0.5, 0.6) is 17.2 Å². The van der Waals surface area contributed by atoms with E-state index in [0.717, 1.165) is 4.31 Å². The summed E-state index contributed by atoms with van der Waals surface area (Å²) in [6.07, 6.45) is 0. The van der Waals surface area contributed by atoms with Crippen molar-refractivity contribution in [3.05, 3.63) is 76.3 Å². The molecular formula is C25H27N3O8S. The van der Waals surface area contributed by atoms with Crippen LogP contribution in [-0.4, -0.2) is 46.6 Å². The fourth-order valence-corrected chi connectivity index (χ4v) is 5.01. The second kappa shape index (κ2) is 11.6. The largest absolute Gasteiger partial charge is 0.494 e. The van der Waals surface area contributed by atoms with Gasteiger partial charge in [-0.15, -0.1) is 0 Å². The lowest BCUT2D eigenvalue weighted by atomic mass is 10.1. The van der Waals surface area contributed by atoms with Gasteiger partial charge >= 0.3 is 0 Å². The predicted octanol–water partition coefficient (Wildman–Crippen LogP) is 4.15. The summed E-state index contributed by atoms with van der Waals surface area (Å²) in [7, 11) is -1.46. The third-order valence-electron chi connectivity index (χ3n) is 5.44. The first-order chi connectivity index (χ1) is 17.6. The average Bonchev–Trinajstić information content (AvgIpc) is 2.88. The average molecular weight is 530 g/mol. The van der Waals surface area contributed by atoms with E-state index in [1.54, 1.807) is 12.1 Å². The number of nitrogens with zero attached hydrogens (tertiary/aromatic N) is 2. The molecule has 196 valence electrons. The maximum Gasteiger partial charge on any atom is 0.274 e. The topological polar surface area (TPSA) is 137 Å². The van der Waals surface area contributed by atoms with Gasteiger partial charge in [-0.1, -0.05) is 6.07 Å². The Labute approximate surface area is 214 Å². The fraction of sp³-hybridized carbons (Fsp3) is 0.240. The van der Waals surface area contributed by atoms with Crippen LogP contribution in [-0.2, 0) is 14.8 Å². The number of ether oxygens (including phenoxy) is 3. The molecule has 0 unspecified atom stereocenters. The standard InChI is InChI=1S/C25H27N3O8S/c1-5-36-19-11-9-18(10-12-19)27(37(32,33)20-13-14-23(34-3)24(15-20)35-4)16-25(29)26-21-7-6-8-22(17(21)2)28(30)31/h6-15H,5,16H2,1-4H3,(H,26,29). The quantitative estimate of drug-likeness (QED) is 0.289. The molecule has 37 heavy (non-hydrogen) atoms. The molecule has 3 rings (SSSR count). The summed E-state index contributed by atoms with van der Waals surface area (Å²) in [5, 5.41) is 13.8. The lowest BCUT2D eigenvalue weighted by Crippen LogP contribution is -2.38. The molecule has 0 aliphatic carbocycles. The van der Waals surface area contributed by atoms with E-state index in [2.05, 4.69) is 5.32 Å². The molecule has 3 aromatic carbocycles. The zero-order valence-electron chi connectivity index (χ0n) is 20.8. The van der Waals surface area contributed by atoms with Gasteiger partial charge in [0.1, 0.15) is 12.3 Å². The summed E-state index contributed by atoms with van der Waals surface area (Å²) in [4.78, 5) is 23.6. The Bertz CT molecular complexity index is 1390. The van der Waals surface area contributed by atoms with Crippen LogP contribution in [0.15, 0.2) is 65.6 Å². The van der Waals surface area contributed by atoms with Crippen LogP contribution < -0.4 is 23.8 Å². The molecule has 0 atom stereocenters. The van der Waals surface area contributed by atoms with Gasteiger partial charge in [-0.25, -0.2) is 8.42 Å². The van der Waals surface area contributed by atoms with Crippen molar-refractivity contribution in [2.24, 2.45) is 0 Å². The first kappa shape index (κ1) is 27.3. The van der Waals surface area contributed by atoms with E-state index in [4.69, 9.17) is 14.2 Å². The van der Waals surface area contributed by atoms with E-state index in [1.165, 1.54) is 69.7 Å². The van der Waals surface area contributed by atoms with E-state index >= 15 is 0 Å². The molecule has 1 amide bonds. The summed E-state index contributed by atoms with van der Waals surface area (Å²) in [5.41, 5.74) is 0.494. The molecule has 0 saturated carbocycles. The first-order valence-corrected chi connectivity index (χ1v) is 12.6. The molecule has 0 saturated heterocycles. The van der Waals surface area contributed by atoms with Gasteiger partial charge in [-0.2, -0.15) is 0 Å². The van der Waals surface area contributed by atoms with Crippen LogP contribution in [0, 0.1) is 17.0 Å². The van der Waals surface area contributed by atoms with Crippen LogP contribution in [0.25, 0.3) is 0 Å². The molecule has 0 spiro atoms. The van der Waals surface area contributed by atoms with Gasteiger partial charge in [0, 0.05) is 12.1 Å². The minimum atomic E-state index is -4.27. The van der Waals surface area contributed by atoms with Gasteiger partial charge in [0.05, 0.1) is 47.6 Å². The summed E-state index contributed by atoms with van der Waals surface area (Å²) < 4.78 is 44.3. The highest BCUT2D eigenvalue weighted by atomic mass is 32.2. The van der Waals surface area contributed by atoms with Crippen molar-refractivity contribution in [1.82, 2.24) is 0 Å². The molecule has 1 N–H and O–H groups in total. The third-order valence-corrected chi connectivity index (χ3v) is 7.21. The molecule has 12 heteroatoms. The lowest BCUT2D eigenvalue weighted by Gasteiger charge is -2.25. The van der Waals surface area contributed by atoms with Crippen molar-refractivity contribution in [2.75, 3.05) is 37.0 Å². The lowest BCUT2D eigenvalue weighted by molar-refractivity contribution is -0.385. The summed E-state index contributed by atoms with van der Waals surface area (Å²) in [5.74, 6) is 0.382. The number of rotatable bonds is 11. The van der Waals surface area contributed by atoms with E-state index < -0.39 is 27.4 Å². The van der Waals surface area contributed by atoms with Gasteiger partial charge in [0.2, 0.25) is 5.91 Å². The minimum Gasteiger partial charge on any atom is -0.494 e. The van der Waals surface area contributed by atoms with Crippen LogP contribution >= 0.6 is 0 Å². The highest BCUT2D eigenvalue weighted by Crippen LogP contribution is 2.33. The molecule has 0 fully saturated rings. The number of hydrogen-bond acceptors (Lipinski definition) is 8. The van der Waals surface area contributed by atoms with E-state index in [9.17, 15) is 23.3 Å². The maximum atomic E-state index is 13.7. The number of amides is 1. The van der Waals surface area contributed by atoms with Crippen molar-refractivity contribution >= 4 is 33.0 Å². The fourth-order valence-electron chi connectivity index (χ4n) is 3.57. The second-order valence-electron chi connectivity index (χ2n) is 7.71. The Hall–Kier alpha value is -4.32. The van der Waals surface area contributed by atoms with Gasteiger partial charge in [0.15, 0.2) is 11.5 Å². The molecule has 3 aromatic rings. The number of carbonyl (C=O) groups is 1. The number of sulfonamides is 1. The van der Waals surface area contributed by atoms with Gasteiger partial charge in [-0.3, -0.25) is 19.2 Å². The van der Waals surface area contributed by atoms with Gasteiger partial charge in [-0.05, 0) is 56.3 Å². The third kappa shape index (κ3) is 6.09. The highest BCUT2D eigenvalue weighted by molar-refractivity contribution is 7.92. The van der Waals surface area contributed by atoms with E-state index in [1.807, 2.05) is 6.92 Å². The second-order valence-corrected chi connectivity index (χ2v) is 9.57. The number of nitro benzene ring substituents is 1. The molecule has 0 heterocycles. The molecule has 0 aromatic heterocycles. The summed E-state index contributed by atoms with van der Waals surface area (Å²) in [6.45, 7) is 3.14. The first-order valence-electron chi connectivity index (χ1n) is 11.1. The SMILES string of the molecule is CCOc1ccc(N(CC(=O)Nc2cccc([N+](=O)[O-])c2C)S(=O)(=O)c2ccc(OC)c(OC)c2)cc1.